The zero-order valence-corrected chi connectivity index (χ0v) is 5.40. The molecule has 4 heteroatoms. The molecule has 0 amide bonds. The molecule has 50 valence electrons. The van der Waals surface area contributed by atoms with E-state index in [0.717, 1.165) is 17.1 Å². The lowest BCUT2D eigenvalue weighted by Gasteiger charge is -1.86. The summed E-state index contributed by atoms with van der Waals surface area (Å²) in [7, 11) is 0. The lowest BCUT2D eigenvalue weighted by atomic mass is 10.3. The molecule has 0 aromatic heterocycles. The van der Waals surface area contributed by atoms with Crippen LogP contribution in [0.5, 0.6) is 0 Å². The van der Waals surface area contributed by atoms with Gasteiger partial charge in [0.05, 0.1) is 6.20 Å². The summed E-state index contributed by atoms with van der Waals surface area (Å²) in [4.78, 5) is 4.13. The van der Waals surface area contributed by atoms with Crippen LogP contribution in [-0.4, -0.2) is 15.3 Å². The van der Waals surface area contributed by atoms with Crippen molar-refractivity contribution in [3.63, 3.8) is 0 Å². The summed E-state index contributed by atoms with van der Waals surface area (Å²) in [6.07, 6.45) is 1.55. The molecule has 0 N–H and O–H groups in total. The monoisotopic (exact) mass is 135 g/mol. The molecule has 4 nitrogen and oxygen atoms in total. The van der Waals surface area contributed by atoms with Gasteiger partial charge in [0.1, 0.15) is 11.4 Å². The van der Waals surface area contributed by atoms with E-state index in [1.165, 1.54) is 0 Å². The van der Waals surface area contributed by atoms with E-state index in [4.69, 9.17) is 0 Å². The van der Waals surface area contributed by atoms with E-state index in [1.807, 2.05) is 13.0 Å². The third-order valence-corrected chi connectivity index (χ3v) is 1.27. The van der Waals surface area contributed by atoms with Crippen LogP contribution in [0.2, 0.25) is 0 Å². The zero-order valence-electron chi connectivity index (χ0n) is 5.40. The van der Waals surface area contributed by atoms with Gasteiger partial charge in [-0.1, -0.05) is 5.16 Å². The molecule has 2 aliphatic rings. The maximum absolute atomic E-state index is 4.46. The molecular formula is C6H5N3O. The Kier molecular flexibility index (Phi) is 0.943. The van der Waals surface area contributed by atoms with Crippen LogP contribution in [0, 0.1) is 6.92 Å². The molecule has 0 saturated heterocycles. The van der Waals surface area contributed by atoms with Gasteiger partial charge >= 0.3 is 0 Å². The molecule has 0 aromatic rings. The second-order valence-corrected chi connectivity index (χ2v) is 2.08. The van der Waals surface area contributed by atoms with Crippen molar-refractivity contribution in [2.24, 2.45) is 0 Å². The maximum Gasteiger partial charge on any atom is 0.135 e. The normalized spacial score (nSPS) is 10.5. The van der Waals surface area contributed by atoms with Gasteiger partial charge in [-0.05, 0) is 18.1 Å². The Labute approximate surface area is 57.2 Å². The predicted octanol–water partition coefficient (Wildman–Crippen LogP) is 0.878. The van der Waals surface area contributed by atoms with E-state index < -0.39 is 0 Å². The van der Waals surface area contributed by atoms with Gasteiger partial charge in [0.2, 0.25) is 0 Å². The maximum atomic E-state index is 4.46. The highest BCUT2D eigenvalue weighted by Crippen LogP contribution is 2.16. The van der Waals surface area contributed by atoms with Crippen LogP contribution in [-0.2, 0) is 0 Å². The highest BCUT2D eigenvalue weighted by Gasteiger charge is 2.07. The fourth-order valence-electron chi connectivity index (χ4n) is 0.861. The summed E-state index contributed by atoms with van der Waals surface area (Å²) in [6.45, 7) is 1.90. The number of hydrogen-bond acceptors (Lipinski definition) is 4. The number of rotatable bonds is 0. The fraction of sp³-hybridized carbons (Fsp3) is 0.167. The predicted molar refractivity (Wildman–Crippen MR) is 33.5 cm³/mol. The molecule has 2 heterocycles. The standard InChI is InChI=1S/C6H5N3O/c1-4-2-5-6(8-4)3-7-10-9-5/h2-3H,1H3. The highest BCUT2D eigenvalue weighted by atomic mass is 16.6. The van der Waals surface area contributed by atoms with E-state index in [-0.39, 0.29) is 0 Å². The quantitative estimate of drug-likeness (QED) is 0.538. The second kappa shape index (κ2) is 1.76. The van der Waals surface area contributed by atoms with Crippen LogP contribution in [0.1, 0.15) is 5.69 Å². The minimum atomic E-state index is 0.757. The van der Waals surface area contributed by atoms with Crippen molar-refractivity contribution in [2.75, 3.05) is 0 Å². The average Bonchev–Trinajstić information content (AvgIpc) is 2.27. The smallest absolute Gasteiger partial charge is 0.135 e. The van der Waals surface area contributed by atoms with Gasteiger partial charge in [-0.15, -0.1) is 0 Å². The number of hydrogen-bond donors (Lipinski definition) is 0. The largest absolute Gasteiger partial charge is 0.250 e. The van der Waals surface area contributed by atoms with E-state index in [0.29, 0.717) is 0 Å². The van der Waals surface area contributed by atoms with Gasteiger partial charge in [0.15, 0.2) is 0 Å². The molecule has 0 aromatic carbocycles. The van der Waals surface area contributed by atoms with Crippen LogP contribution in [0.25, 0.3) is 11.4 Å². The molecule has 10 heavy (non-hydrogen) atoms. The third kappa shape index (κ3) is 0.655. The molecule has 0 aliphatic carbocycles. The molecule has 0 radical (unpaired) electrons. The van der Waals surface area contributed by atoms with Gasteiger partial charge < -0.3 is 0 Å². The highest BCUT2D eigenvalue weighted by molar-refractivity contribution is 5.54. The van der Waals surface area contributed by atoms with E-state index >= 15 is 0 Å². The summed E-state index contributed by atoms with van der Waals surface area (Å²) >= 11 is 0. The Morgan fingerprint density at radius 1 is 1.40 bits per heavy atom. The fourth-order valence-corrected chi connectivity index (χ4v) is 0.861. The molecule has 0 fully saturated rings. The molecular weight excluding hydrogens is 130 g/mol. The summed E-state index contributed by atoms with van der Waals surface area (Å²) in [5.74, 6) is 0. The Bertz CT molecular complexity index is 287. The van der Waals surface area contributed by atoms with Crippen LogP contribution in [0.4, 0.5) is 0 Å². The van der Waals surface area contributed by atoms with E-state index in [1.54, 1.807) is 6.20 Å². The Balaban J connectivity index is 2.76. The minimum Gasteiger partial charge on any atom is -0.250 e. The molecule has 2 aliphatic heterocycles. The topological polar surface area (TPSA) is 51.8 Å². The lowest BCUT2D eigenvalue weighted by molar-refractivity contribution is 0.284. The van der Waals surface area contributed by atoms with Crippen LogP contribution < -0.4 is 0 Å². The lowest BCUT2D eigenvalue weighted by Crippen LogP contribution is -1.82. The minimum absolute atomic E-state index is 0.757. The first-order chi connectivity index (χ1) is 4.86. The van der Waals surface area contributed by atoms with Crippen molar-refractivity contribution >= 4 is 0 Å². The number of fused-ring (bicyclic) bond motifs is 1. The molecule has 0 bridgehead atoms. The number of nitrogens with zero attached hydrogens (tertiary/aromatic N) is 3. The van der Waals surface area contributed by atoms with Gasteiger partial charge in [0.25, 0.3) is 0 Å². The summed E-state index contributed by atoms with van der Waals surface area (Å²) in [5.41, 5.74) is 2.47. The van der Waals surface area contributed by atoms with Crippen molar-refractivity contribution in [3.05, 3.63) is 18.0 Å². The van der Waals surface area contributed by atoms with Gasteiger partial charge in [0, 0.05) is 5.69 Å². The molecule has 0 unspecified atom stereocenters. The van der Waals surface area contributed by atoms with Gasteiger partial charge in [-0.3, -0.25) is 0 Å². The first-order valence-corrected chi connectivity index (χ1v) is 2.91. The molecule has 0 atom stereocenters. The Morgan fingerprint density at radius 2 is 2.30 bits per heavy atom. The van der Waals surface area contributed by atoms with Crippen molar-refractivity contribution < 1.29 is 4.63 Å². The second-order valence-electron chi connectivity index (χ2n) is 2.08. The Hall–Kier alpha value is -1.45. The SMILES string of the molecule is Cc1cc2noncc-2n1. The Morgan fingerprint density at radius 3 is 3.10 bits per heavy atom. The number of aromatic nitrogens is 3. The van der Waals surface area contributed by atoms with Gasteiger partial charge in [-0.2, -0.15) is 0 Å². The first-order valence-electron chi connectivity index (χ1n) is 2.91. The van der Waals surface area contributed by atoms with E-state index in [2.05, 4.69) is 19.9 Å². The van der Waals surface area contributed by atoms with Gasteiger partial charge in [-0.25, -0.2) is 9.61 Å². The third-order valence-electron chi connectivity index (χ3n) is 1.27. The zero-order chi connectivity index (χ0) is 6.97. The van der Waals surface area contributed by atoms with Crippen LogP contribution >= 0.6 is 0 Å². The van der Waals surface area contributed by atoms with Crippen LogP contribution in [0.3, 0.4) is 0 Å². The summed E-state index contributed by atoms with van der Waals surface area (Å²) < 4.78 is 4.46. The molecule has 2 rings (SSSR count). The summed E-state index contributed by atoms with van der Waals surface area (Å²) in [5, 5.41) is 7.13. The number of aryl methyl sites for hydroxylation is 1. The molecule has 0 saturated carbocycles. The van der Waals surface area contributed by atoms with Crippen molar-refractivity contribution in [1.29, 1.82) is 0 Å². The van der Waals surface area contributed by atoms with Crippen molar-refractivity contribution in [1.82, 2.24) is 15.3 Å². The first kappa shape index (κ1) is 5.34. The molecule has 0 spiro atoms. The van der Waals surface area contributed by atoms with Crippen LogP contribution in [0.15, 0.2) is 16.9 Å². The van der Waals surface area contributed by atoms with Crippen molar-refractivity contribution in [3.8, 4) is 11.4 Å². The average molecular weight is 135 g/mol. The summed E-state index contributed by atoms with van der Waals surface area (Å²) in [6, 6.07) is 1.85. The van der Waals surface area contributed by atoms with E-state index in [9.17, 15) is 0 Å². The van der Waals surface area contributed by atoms with Crippen molar-refractivity contribution in [2.45, 2.75) is 6.92 Å².